The Morgan fingerprint density at radius 3 is 2.80 bits per heavy atom. The molecule has 1 aliphatic rings. The summed E-state index contributed by atoms with van der Waals surface area (Å²) in [5, 5.41) is 10.5. The van der Waals surface area contributed by atoms with Crippen LogP contribution in [0, 0.1) is 0 Å². The number of aromatic nitrogens is 3. The van der Waals surface area contributed by atoms with Crippen LogP contribution in [-0.4, -0.2) is 20.7 Å². The van der Waals surface area contributed by atoms with Gasteiger partial charge in [-0.2, -0.15) is 5.10 Å². The second kappa shape index (κ2) is 4.33. The number of carbonyl (C=O) groups excluding carboxylic acids is 1. The van der Waals surface area contributed by atoms with E-state index in [0.29, 0.717) is 11.4 Å². The third-order valence-corrected chi connectivity index (χ3v) is 3.23. The van der Waals surface area contributed by atoms with E-state index in [4.69, 9.17) is 0 Å². The lowest BCUT2D eigenvalue weighted by atomic mass is 10.1. The zero-order valence-electron chi connectivity index (χ0n) is 11.7. The van der Waals surface area contributed by atoms with Gasteiger partial charge in [-0.15, -0.1) is 0 Å². The van der Waals surface area contributed by atoms with Gasteiger partial charge in [0.05, 0.1) is 17.3 Å². The molecule has 3 heterocycles. The van der Waals surface area contributed by atoms with Crippen molar-refractivity contribution in [3.8, 4) is 0 Å². The first kappa shape index (κ1) is 12.7. The van der Waals surface area contributed by atoms with Crippen molar-refractivity contribution in [1.29, 1.82) is 0 Å². The van der Waals surface area contributed by atoms with E-state index >= 15 is 0 Å². The molecule has 2 aromatic heterocycles. The molecule has 0 saturated heterocycles. The van der Waals surface area contributed by atoms with Crippen LogP contribution in [0.2, 0.25) is 0 Å². The van der Waals surface area contributed by atoms with Gasteiger partial charge in [-0.1, -0.05) is 0 Å². The molecule has 0 radical (unpaired) electrons. The summed E-state index contributed by atoms with van der Waals surface area (Å²) in [4.78, 5) is 16.3. The van der Waals surface area contributed by atoms with Gasteiger partial charge in [-0.05, 0) is 32.9 Å². The first-order valence-electron chi connectivity index (χ1n) is 6.52. The number of nitrogens with zero attached hydrogens (tertiary/aromatic N) is 3. The largest absolute Gasteiger partial charge is 0.345 e. The highest BCUT2D eigenvalue weighted by molar-refractivity contribution is 6.00. The second-order valence-electron chi connectivity index (χ2n) is 5.84. The molecule has 0 aromatic carbocycles. The minimum absolute atomic E-state index is 0.0902. The van der Waals surface area contributed by atoms with Gasteiger partial charge in [0.15, 0.2) is 0 Å². The van der Waals surface area contributed by atoms with Crippen molar-refractivity contribution in [3.63, 3.8) is 0 Å². The molecule has 6 heteroatoms. The van der Waals surface area contributed by atoms with Gasteiger partial charge in [0.2, 0.25) is 0 Å². The molecule has 0 unspecified atom stereocenters. The molecule has 1 amide bonds. The van der Waals surface area contributed by atoms with Crippen molar-refractivity contribution in [1.82, 2.24) is 20.1 Å². The summed E-state index contributed by atoms with van der Waals surface area (Å²) in [5.41, 5.74) is 1.38. The van der Waals surface area contributed by atoms with Crippen LogP contribution in [0.1, 0.15) is 42.9 Å². The molecule has 1 aliphatic heterocycles. The molecule has 0 aliphatic carbocycles. The zero-order valence-corrected chi connectivity index (χ0v) is 11.7. The van der Waals surface area contributed by atoms with Gasteiger partial charge in [0.25, 0.3) is 5.91 Å². The predicted molar refractivity (Wildman–Crippen MR) is 75.3 cm³/mol. The molecule has 6 nitrogen and oxygen atoms in total. The second-order valence-corrected chi connectivity index (χ2v) is 5.84. The molecule has 0 saturated carbocycles. The van der Waals surface area contributed by atoms with E-state index < -0.39 is 0 Å². The number of hydrogen-bond acceptors (Lipinski definition) is 4. The monoisotopic (exact) mass is 271 g/mol. The molecule has 2 N–H and O–H groups in total. The number of anilines is 1. The number of nitrogens with one attached hydrogen (secondary N) is 2. The SMILES string of the molecule is CC(C)(C)n1cc([C@H]2NC(=O)c3cccnc3N2)cn1. The fourth-order valence-corrected chi connectivity index (χ4v) is 2.10. The Bertz CT molecular complexity index is 656. The number of carbonyl (C=O) groups is 1. The van der Waals surface area contributed by atoms with Crippen molar-refractivity contribution < 1.29 is 4.79 Å². The average Bonchev–Trinajstić information content (AvgIpc) is 2.88. The Labute approximate surface area is 117 Å². The predicted octanol–water partition coefficient (Wildman–Crippen LogP) is 1.89. The Kier molecular flexibility index (Phi) is 2.74. The van der Waals surface area contributed by atoms with E-state index in [-0.39, 0.29) is 17.6 Å². The van der Waals surface area contributed by atoms with Crippen LogP contribution in [0.3, 0.4) is 0 Å². The summed E-state index contributed by atoms with van der Waals surface area (Å²) in [6.45, 7) is 6.23. The minimum atomic E-state index is -0.305. The van der Waals surface area contributed by atoms with Crippen LogP contribution >= 0.6 is 0 Å². The normalized spacial score (nSPS) is 18.1. The summed E-state index contributed by atoms with van der Waals surface area (Å²) in [6, 6.07) is 3.50. The van der Waals surface area contributed by atoms with Gasteiger partial charge in [-0.25, -0.2) is 4.98 Å². The highest BCUT2D eigenvalue weighted by Gasteiger charge is 2.27. The average molecular weight is 271 g/mol. The molecular weight excluding hydrogens is 254 g/mol. The number of rotatable bonds is 1. The molecule has 0 bridgehead atoms. The summed E-state index contributed by atoms with van der Waals surface area (Å²) >= 11 is 0. The van der Waals surface area contributed by atoms with E-state index in [1.807, 2.05) is 10.9 Å². The van der Waals surface area contributed by atoms with Crippen LogP contribution in [-0.2, 0) is 5.54 Å². The number of fused-ring (bicyclic) bond motifs is 1. The van der Waals surface area contributed by atoms with E-state index in [2.05, 4.69) is 41.5 Å². The fourth-order valence-electron chi connectivity index (χ4n) is 2.10. The molecule has 20 heavy (non-hydrogen) atoms. The topological polar surface area (TPSA) is 71.8 Å². The third-order valence-electron chi connectivity index (χ3n) is 3.23. The first-order chi connectivity index (χ1) is 9.45. The Hall–Kier alpha value is -2.37. The van der Waals surface area contributed by atoms with Crippen molar-refractivity contribution in [2.75, 3.05) is 5.32 Å². The highest BCUT2D eigenvalue weighted by Crippen LogP contribution is 2.25. The lowest BCUT2D eigenvalue weighted by Gasteiger charge is -2.26. The van der Waals surface area contributed by atoms with E-state index in [0.717, 1.165) is 5.56 Å². The van der Waals surface area contributed by atoms with Crippen LogP contribution in [0.15, 0.2) is 30.7 Å². The van der Waals surface area contributed by atoms with Crippen LogP contribution in [0.5, 0.6) is 0 Å². The van der Waals surface area contributed by atoms with Crippen LogP contribution in [0.25, 0.3) is 0 Å². The molecule has 0 spiro atoms. The molecule has 104 valence electrons. The quantitative estimate of drug-likeness (QED) is 0.830. The highest BCUT2D eigenvalue weighted by atomic mass is 16.2. The van der Waals surface area contributed by atoms with E-state index in [1.165, 1.54) is 0 Å². The van der Waals surface area contributed by atoms with Crippen LogP contribution in [0.4, 0.5) is 5.82 Å². The lowest BCUT2D eigenvalue weighted by molar-refractivity contribution is 0.0935. The maximum absolute atomic E-state index is 12.1. The maximum Gasteiger partial charge on any atom is 0.256 e. The molecule has 3 rings (SSSR count). The smallest absolute Gasteiger partial charge is 0.256 e. The Morgan fingerprint density at radius 2 is 2.10 bits per heavy atom. The number of pyridine rings is 1. The minimum Gasteiger partial charge on any atom is -0.345 e. The first-order valence-corrected chi connectivity index (χ1v) is 6.52. The summed E-state index contributed by atoms with van der Waals surface area (Å²) in [7, 11) is 0. The summed E-state index contributed by atoms with van der Waals surface area (Å²) in [6.07, 6.45) is 5.06. The molecular formula is C14H17N5O. The van der Waals surface area contributed by atoms with Gasteiger partial charge in [0, 0.05) is 18.0 Å². The third kappa shape index (κ3) is 2.13. The zero-order chi connectivity index (χ0) is 14.3. The van der Waals surface area contributed by atoms with Gasteiger partial charge in [-0.3, -0.25) is 9.48 Å². The van der Waals surface area contributed by atoms with Crippen molar-refractivity contribution in [2.45, 2.75) is 32.5 Å². The number of hydrogen-bond donors (Lipinski definition) is 2. The van der Waals surface area contributed by atoms with Gasteiger partial charge in [0.1, 0.15) is 12.0 Å². The number of amides is 1. The Morgan fingerprint density at radius 1 is 1.30 bits per heavy atom. The van der Waals surface area contributed by atoms with Gasteiger partial charge >= 0.3 is 0 Å². The van der Waals surface area contributed by atoms with Crippen molar-refractivity contribution in [3.05, 3.63) is 41.9 Å². The molecule has 2 aromatic rings. The molecule has 0 fully saturated rings. The lowest BCUT2D eigenvalue weighted by Crippen LogP contribution is -2.38. The van der Waals surface area contributed by atoms with Crippen molar-refractivity contribution in [2.24, 2.45) is 0 Å². The maximum atomic E-state index is 12.1. The standard InChI is InChI=1S/C14H17N5O/c1-14(2,3)19-8-9(7-16-19)11-17-12-10(13(20)18-11)5-4-6-15-12/h4-8,11H,1-3H3,(H,15,17)(H,18,20)/t11-/m1/s1. The van der Waals surface area contributed by atoms with Crippen molar-refractivity contribution >= 4 is 11.7 Å². The van der Waals surface area contributed by atoms with E-state index in [9.17, 15) is 4.79 Å². The van der Waals surface area contributed by atoms with E-state index in [1.54, 1.807) is 24.5 Å². The molecule has 1 atom stereocenters. The van der Waals surface area contributed by atoms with Crippen LogP contribution < -0.4 is 10.6 Å². The summed E-state index contributed by atoms with van der Waals surface area (Å²) < 4.78 is 1.88. The summed E-state index contributed by atoms with van der Waals surface area (Å²) in [5.74, 6) is 0.477. The Balaban J connectivity index is 1.90. The van der Waals surface area contributed by atoms with Gasteiger partial charge < -0.3 is 10.6 Å². The fraction of sp³-hybridized carbons (Fsp3) is 0.357.